The van der Waals surface area contributed by atoms with Gasteiger partial charge in [-0.2, -0.15) is 0 Å². The molecule has 15 heteroatoms. The second-order valence-corrected chi connectivity index (χ2v) is 35.7. The van der Waals surface area contributed by atoms with Crippen LogP contribution in [0.1, 0.15) is 127 Å². The molecule has 3 aromatic rings. The fourth-order valence-electron chi connectivity index (χ4n) is 11.7. The monoisotopic (exact) mass is 1150 g/mol. The maximum Gasteiger partial charge on any atom is 0.309 e. The van der Waals surface area contributed by atoms with Crippen molar-refractivity contribution in [2.24, 2.45) is 35.5 Å². The standard InChI is InChI=1S/C20H38O3Si2.C16H18I.C15H22O3.C6BF5/c1-24(2,11-9-15-5-7-17-19(13-15)21-17)23-25(3,4)12-10-16-6-8-18-20(14-16)22-18;1-12(2)14-6-10-16(11-7-14)17-15-8-4-13(3)5-9-15;16-15(11-3-4-13-14(7-11)18-13)17-8-9-1-2-10-6-12(10)5-9;7-1-2(8)4(10)6(12)5(11)3(1)9/h15-20H,5-14H2,1-4H3;4-12H,1-3H3;9-14H,1-8H2;/q;-1;;. The maximum atomic E-state index is 12.3. The largest absolute Gasteiger partial charge is 0.465 e. The normalized spacial score (nSPS) is 30.6. The van der Waals surface area contributed by atoms with Crippen molar-refractivity contribution in [2.45, 2.75) is 198 Å². The molecule has 0 spiro atoms. The van der Waals surface area contributed by atoms with E-state index in [1.54, 1.807) is 0 Å². The van der Waals surface area contributed by atoms with E-state index in [9.17, 15) is 26.7 Å². The Labute approximate surface area is 440 Å². The second kappa shape index (κ2) is 24.5. The molecule has 3 aliphatic heterocycles. The van der Waals surface area contributed by atoms with E-state index in [2.05, 4.69) is 103 Å². The maximum absolute atomic E-state index is 12.3. The van der Waals surface area contributed by atoms with Crippen molar-refractivity contribution in [3.05, 3.63) is 95.9 Å². The van der Waals surface area contributed by atoms with Gasteiger partial charge in [0.15, 0.2) is 45.7 Å². The number of fused-ring (bicyclic) bond motifs is 4. The van der Waals surface area contributed by atoms with Crippen LogP contribution < -0.4 is 26.7 Å². The van der Waals surface area contributed by atoms with Crippen LogP contribution in [-0.4, -0.2) is 73.7 Å². The molecule has 0 N–H and O–H groups in total. The zero-order valence-electron chi connectivity index (χ0n) is 43.6. The molecule has 11 rings (SSSR count). The number of carbonyl (C=O) groups is 1. The van der Waals surface area contributed by atoms with Crippen molar-refractivity contribution in [3.8, 4) is 0 Å². The third-order valence-corrected chi connectivity index (χ3v) is 26.6. The number of halogens is 6. The molecule has 3 heterocycles. The number of carbonyl (C=O) groups excluding carboxylic acids is 1. The quantitative estimate of drug-likeness (QED) is 0.0305. The van der Waals surface area contributed by atoms with Crippen LogP contribution in [0.5, 0.6) is 0 Å². The molecule has 5 aliphatic carbocycles. The molecular formula is C57H78BF5IO6Si2-. The Hall–Kier alpha value is -2.15. The van der Waals surface area contributed by atoms with E-state index in [0.29, 0.717) is 55.1 Å². The number of ether oxygens (including phenoxy) is 4. The Morgan fingerprint density at radius 3 is 1.56 bits per heavy atom. The molecule has 3 aromatic carbocycles. The first-order chi connectivity index (χ1) is 34.2. The summed E-state index contributed by atoms with van der Waals surface area (Å²) in [7, 11) is 1.50. The third-order valence-electron chi connectivity index (χ3n) is 16.5. The molecule has 2 radical (unpaired) electrons. The van der Waals surface area contributed by atoms with Gasteiger partial charge in [-0.3, -0.25) is 4.79 Å². The molecule has 0 amide bonds. The SMILES string of the molecule is C[Si](C)(CCC1CCC2OC2C1)O[Si](C)(C)CCC1CCC2OC2C1.Cc1ccc([I-]c2ccc(C(C)C)cc2)cc1.O=C(OCC1CCC2CC2C1)C1CCC2OC2C1.[B]c1c(F)c(F)c(F)c(F)c1F. The summed E-state index contributed by atoms with van der Waals surface area (Å²) in [5, 5.41) is 0. The van der Waals surface area contributed by atoms with E-state index < -0.39 is 51.2 Å². The summed E-state index contributed by atoms with van der Waals surface area (Å²) in [6.07, 6.45) is 22.5. The summed E-state index contributed by atoms with van der Waals surface area (Å²) in [5.74, 6) is -5.07. The number of hydrogen-bond acceptors (Lipinski definition) is 6. The van der Waals surface area contributed by atoms with Crippen molar-refractivity contribution < 1.29 is 71.0 Å². The summed E-state index contributed by atoms with van der Waals surface area (Å²) in [5.41, 5.74) is 1.40. The number of epoxide rings is 3. The molecule has 5 saturated carbocycles. The van der Waals surface area contributed by atoms with Crippen molar-refractivity contribution in [1.82, 2.24) is 0 Å². The molecule has 0 aromatic heterocycles. The summed E-state index contributed by atoms with van der Waals surface area (Å²) >= 11 is -0.0167. The van der Waals surface area contributed by atoms with Crippen LogP contribution >= 0.6 is 0 Å². The van der Waals surface area contributed by atoms with Gasteiger partial charge >= 0.3 is 121 Å². The Balaban J connectivity index is 0.000000133. The summed E-state index contributed by atoms with van der Waals surface area (Å²) in [6, 6.07) is 20.7. The van der Waals surface area contributed by atoms with Crippen LogP contribution in [0.3, 0.4) is 0 Å². The molecule has 6 nitrogen and oxygen atoms in total. The Morgan fingerprint density at radius 2 is 1.07 bits per heavy atom. The Kier molecular flexibility index (Phi) is 19.0. The smallest absolute Gasteiger partial charge is 0.309 e. The molecule has 8 fully saturated rings. The van der Waals surface area contributed by atoms with Gasteiger partial charge in [0.1, 0.15) is 7.85 Å². The van der Waals surface area contributed by atoms with E-state index in [4.69, 9.17) is 23.1 Å². The minimum Gasteiger partial charge on any atom is -0.465 e. The van der Waals surface area contributed by atoms with Gasteiger partial charge in [-0.1, -0.05) is 12.8 Å². The van der Waals surface area contributed by atoms with E-state index in [1.807, 2.05) is 0 Å². The van der Waals surface area contributed by atoms with Crippen molar-refractivity contribution in [3.63, 3.8) is 0 Å². The van der Waals surface area contributed by atoms with Crippen LogP contribution in [0.25, 0.3) is 0 Å². The predicted molar refractivity (Wildman–Crippen MR) is 274 cm³/mol. The van der Waals surface area contributed by atoms with Crippen LogP contribution in [0.4, 0.5) is 22.0 Å². The minimum absolute atomic E-state index is 0.0167. The molecular weight excluding hydrogens is 1070 g/mol. The van der Waals surface area contributed by atoms with Gasteiger partial charge in [0, 0.05) is 0 Å². The summed E-state index contributed by atoms with van der Waals surface area (Å²) in [6.45, 7) is 17.1. The molecule has 8 aliphatic rings. The number of rotatable bonds is 14. The zero-order valence-corrected chi connectivity index (χ0v) is 47.8. The van der Waals surface area contributed by atoms with Gasteiger partial charge in [0.2, 0.25) is 0 Å². The van der Waals surface area contributed by atoms with Gasteiger partial charge in [-0.05, 0) is 157 Å². The topological polar surface area (TPSA) is 73.1 Å². The third kappa shape index (κ3) is 16.2. The second-order valence-electron chi connectivity index (χ2n) is 23.9. The van der Waals surface area contributed by atoms with E-state index in [0.717, 1.165) is 42.9 Å². The van der Waals surface area contributed by atoms with Gasteiger partial charge < -0.3 is 23.1 Å². The predicted octanol–water partition coefficient (Wildman–Crippen LogP) is 10.3. The summed E-state index contributed by atoms with van der Waals surface area (Å²) in [4.78, 5) is 12.0. The first-order valence-electron chi connectivity index (χ1n) is 27.1. The molecule has 0 bridgehead atoms. The van der Waals surface area contributed by atoms with E-state index >= 15 is 0 Å². The minimum atomic E-state index is -2.21. The molecule has 72 heavy (non-hydrogen) atoms. The average molecular weight is 1150 g/mol. The Bertz CT molecular complexity index is 2140. The number of esters is 1. The molecule has 396 valence electrons. The van der Waals surface area contributed by atoms with Crippen LogP contribution in [0, 0.1) is 78.7 Å². The molecule has 12 atom stereocenters. The van der Waals surface area contributed by atoms with Gasteiger partial charge in [-0.25, -0.2) is 22.0 Å². The van der Waals surface area contributed by atoms with Crippen LogP contribution in [-0.2, 0) is 27.9 Å². The average Bonchev–Trinajstić information content (AvgIpc) is 4.15. The van der Waals surface area contributed by atoms with Crippen molar-refractivity contribution >= 4 is 35.9 Å². The fraction of sp³-hybridized carbons (Fsp3) is 0.667. The molecule has 12 unspecified atom stereocenters. The van der Waals surface area contributed by atoms with Gasteiger partial charge in [0.05, 0.1) is 49.1 Å². The van der Waals surface area contributed by atoms with Gasteiger partial charge in [-0.15, -0.1) is 0 Å². The fourth-order valence-corrected chi connectivity index (χ4v) is 22.9. The van der Waals surface area contributed by atoms with Crippen molar-refractivity contribution in [2.75, 3.05) is 6.61 Å². The first-order valence-corrected chi connectivity index (χ1v) is 35.5. The van der Waals surface area contributed by atoms with E-state index in [1.165, 1.54) is 107 Å². The zero-order chi connectivity index (χ0) is 51.5. The summed E-state index contributed by atoms with van der Waals surface area (Å²) < 4.78 is 93.4. The number of hydrogen-bond donors (Lipinski definition) is 0. The van der Waals surface area contributed by atoms with E-state index in [-0.39, 0.29) is 33.1 Å². The number of aryl methyl sites for hydroxylation is 1. The van der Waals surface area contributed by atoms with Gasteiger partial charge in [0.25, 0.3) is 0 Å². The van der Waals surface area contributed by atoms with Crippen molar-refractivity contribution in [1.29, 1.82) is 0 Å². The Morgan fingerprint density at radius 1 is 0.597 bits per heavy atom. The first kappa shape index (κ1) is 56.1. The molecule has 3 saturated heterocycles. The van der Waals surface area contributed by atoms with Crippen LogP contribution in [0.2, 0.25) is 38.3 Å². The number of benzene rings is 3. The van der Waals surface area contributed by atoms with Crippen LogP contribution in [0.15, 0.2) is 48.5 Å².